The van der Waals surface area contributed by atoms with Crippen molar-refractivity contribution in [1.29, 1.82) is 0 Å². The third-order valence-corrected chi connectivity index (χ3v) is 3.02. The van der Waals surface area contributed by atoms with Crippen LogP contribution in [0.2, 0.25) is 0 Å². The van der Waals surface area contributed by atoms with E-state index in [0.717, 1.165) is 10.9 Å². The first-order chi connectivity index (χ1) is 6.00. The van der Waals surface area contributed by atoms with Gasteiger partial charge in [-0.15, -0.1) is 0 Å². The first-order valence-corrected chi connectivity index (χ1v) is 5.23. The Balaban J connectivity index is 2.99. The highest BCUT2D eigenvalue weighted by molar-refractivity contribution is 9.10. The summed E-state index contributed by atoms with van der Waals surface area (Å²) < 4.78 is 1.13. The van der Waals surface area contributed by atoms with Crippen molar-refractivity contribution in [2.45, 2.75) is 33.3 Å². The maximum absolute atomic E-state index is 9.24. The normalized spacial score (nSPS) is 13.0. The van der Waals surface area contributed by atoms with Crippen LogP contribution in [0.15, 0.2) is 16.6 Å². The fourth-order valence-electron chi connectivity index (χ4n) is 1.35. The predicted octanol–water partition coefficient (Wildman–Crippen LogP) is 2.99. The number of hydrogen-bond donors (Lipinski definition) is 1. The minimum absolute atomic E-state index is 0.269. The molecule has 0 spiro atoms. The molecule has 1 nitrogen and oxygen atoms in total. The number of halogens is 1. The number of aliphatic hydroxyl groups is 1. The van der Waals surface area contributed by atoms with Gasteiger partial charge in [0.1, 0.15) is 0 Å². The summed E-state index contributed by atoms with van der Waals surface area (Å²) >= 11 is 3.51. The predicted molar refractivity (Wildman–Crippen MR) is 59.0 cm³/mol. The van der Waals surface area contributed by atoms with Gasteiger partial charge >= 0.3 is 0 Å². The Morgan fingerprint density at radius 1 is 1.38 bits per heavy atom. The Hall–Kier alpha value is -0.340. The zero-order valence-electron chi connectivity index (χ0n) is 8.26. The molecule has 13 heavy (non-hydrogen) atoms. The fourth-order valence-corrected chi connectivity index (χ4v) is 1.95. The maximum Gasteiger partial charge on any atom is 0.0552 e. The standard InChI is InChI=1S/C11H15BrO/c1-7-4-10(5-8(2)13)6-11(12)9(7)3/h4,6,8,13H,5H2,1-3H3. The summed E-state index contributed by atoms with van der Waals surface area (Å²) in [5.74, 6) is 0. The van der Waals surface area contributed by atoms with Crippen LogP contribution in [-0.2, 0) is 6.42 Å². The third-order valence-electron chi connectivity index (χ3n) is 2.19. The van der Waals surface area contributed by atoms with Gasteiger partial charge in [0.05, 0.1) is 6.10 Å². The average Bonchev–Trinajstić information content (AvgIpc) is 1.98. The van der Waals surface area contributed by atoms with Gasteiger partial charge in [0.25, 0.3) is 0 Å². The van der Waals surface area contributed by atoms with Crippen molar-refractivity contribution >= 4 is 15.9 Å². The Bertz CT molecular complexity index is 282. The summed E-state index contributed by atoms with van der Waals surface area (Å²) in [5.41, 5.74) is 3.73. The minimum atomic E-state index is -0.269. The molecule has 1 aromatic carbocycles. The Morgan fingerprint density at radius 2 is 2.00 bits per heavy atom. The highest BCUT2D eigenvalue weighted by Gasteiger charge is 2.04. The molecule has 0 saturated carbocycles. The van der Waals surface area contributed by atoms with E-state index in [1.165, 1.54) is 16.7 Å². The van der Waals surface area contributed by atoms with Gasteiger partial charge < -0.3 is 5.11 Å². The van der Waals surface area contributed by atoms with E-state index >= 15 is 0 Å². The quantitative estimate of drug-likeness (QED) is 0.846. The number of aliphatic hydroxyl groups excluding tert-OH is 1. The molecule has 0 amide bonds. The molecule has 2 heteroatoms. The van der Waals surface area contributed by atoms with Crippen LogP contribution in [0, 0.1) is 13.8 Å². The fraction of sp³-hybridized carbons (Fsp3) is 0.455. The second-order valence-electron chi connectivity index (χ2n) is 3.57. The van der Waals surface area contributed by atoms with Crippen molar-refractivity contribution < 1.29 is 5.11 Å². The van der Waals surface area contributed by atoms with Crippen LogP contribution in [0.25, 0.3) is 0 Å². The molecule has 1 rings (SSSR count). The van der Waals surface area contributed by atoms with Gasteiger partial charge in [0.2, 0.25) is 0 Å². The van der Waals surface area contributed by atoms with Gasteiger partial charge in [0, 0.05) is 4.47 Å². The molecule has 1 aromatic rings. The largest absolute Gasteiger partial charge is 0.393 e. The highest BCUT2D eigenvalue weighted by atomic mass is 79.9. The van der Waals surface area contributed by atoms with E-state index in [2.05, 4.69) is 41.9 Å². The Labute approximate surface area is 87.9 Å². The summed E-state index contributed by atoms with van der Waals surface area (Å²) in [7, 11) is 0. The molecule has 1 N–H and O–H groups in total. The number of rotatable bonds is 2. The van der Waals surface area contributed by atoms with Gasteiger partial charge in [-0.05, 0) is 49.9 Å². The van der Waals surface area contributed by atoms with Crippen LogP contribution in [0.3, 0.4) is 0 Å². The smallest absolute Gasteiger partial charge is 0.0552 e. The van der Waals surface area contributed by atoms with Crippen molar-refractivity contribution in [3.05, 3.63) is 33.3 Å². The molecule has 0 aliphatic rings. The lowest BCUT2D eigenvalue weighted by Crippen LogP contribution is -2.04. The molecular formula is C11H15BrO. The molecule has 0 bridgehead atoms. The highest BCUT2D eigenvalue weighted by Crippen LogP contribution is 2.22. The first kappa shape index (κ1) is 10.7. The van der Waals surface area contributed by atoms with E-state index in [4.69, 9.17) is 0 Å². The van der Waals surface area contributed by atoms with Crippen molar-refractivity contribution in [3.63, 3.8) is 0 Å². The van der Waals surface area contributed by atoms with Crippen molar-refractivity contribution in [2.24, 2.45) is 0 Å². The molecule has 1 unspecified atom stereocenters. The van der Waals surface area contributed by atoms with Crippen molar-refractivity contribution in [2.75, 3.05) is 0 Å². The molecule has 0 heterocycles. The molecule has 0 aliphatic heterocycles. The molecule has 0 radical (unpaired) electrons. The van der Waals surface area contributed by atoms with Crippen LogP contribution in [-0.4, -0.2) is 11.2 Å². The van der Waals surface area contributed by atoms with Gasteiger partial charge in [0.15, 0.2) is 0 Å². The number of hydrogen-bond acceptors (Lipinski definition) is 1. The zero-order chi connectivity index (χ0) is 10.0. The summed E-state index contributed by atoms with van der Waals surface area (Å²) in [4.78, 5) is 0. The molecule has 0 saturated heterocycles. The lowest BCUT2D eigenvalue weighted by Gasteiger charge is -2.09. The van der Waals surface area contributed by atoms with Crippen molar-refractivity contribution in [3.8, 4) is 0 Å². The van der Waals surface area contributed by atoms with Crippen LogP contribution in [0.1, 0.15) is 23.6 Å². The molecule has 0 aromatic heterocycles. The van der Waals surface area contributed by atoms with E-state index in [1.807, 2.05) is 6.92 Å². The lowest BCUT2D eigenvalue weighted by atomic mass is 10.0. The topological polar surface area (TPSA) is 20.2 Å². The Kier molecular flexibility index (Phi) is 3.51. The van der Waals surface area contributed by atoms with Gasteiger partial charge in [-0.2, -0.15) is 0 Å². The van der Waals surface area contributed by atoms with E-state index in [9.17, 15) is 5.11 Å². The summed E-state index contributed by atoms with van der Waals surface area (Å²) in [5, 5.41) is 9.24. The molecular weight excluding hydrogens is 228 g/mol. The maximum atomic E-state index is 9.24. The van der Waals surface area contributed by atoms with E-state index < -0.39 is 0 Å². The second-order valence-corrected chi connectivity index (χ2v) is 4.43. The van der Waals surface area contributed by atoms with Crippen molar-refractivity contribution in [1.82, 2.24) is 0 Å². The second kappa shape index (κ2) is 4.25. The minimum Gasteiger partial charge on any atom is -0.393 e. The van der Waals surface area contributed by atoms with E-state index in [1.54, 1.807) is 0 Å². The van der Waals surface area contributed by atoms with Crippen LogP contribution in [0.4, 0.5) is 0 Å². The SMILES string of the molecule is Cc1cc(CC(C)O)cc(Br)c1C. The van der Waals surface area contributed by atoms with Gasteiger partial charge in [-0.3, -0.25) is 0 Å². The summed E-state index contributed by atoms with van der Waals surface area (Å²) in [6, 6.07) is 4.21. The van der Waals surface area contributed by atoms with E-state index in [0.29, 0.717) is 0 Å². The summed E-state index contributed by atoms with van der Waals surface area (Å²) in [6.07, 6.45) is 0.453. The van der Waals surface area contributed by atoms with Gasteiger partial charge in [-0.1, -0.05) is 22.0 Å². The molecule has 0 fully saturated rings. The van der Waals surface area contributed by atoms with E-state index in [-0.39, 0.29) is 6.10 Å². The average molecular weight is 243 g/mol. The van der Waals surface area contributed by atoms with Crippen LogP contribution < -0.4 is 0 Å². The lowest BCUT2D eigenvalue weighted by molar-refractivity contribution is 0.195. The first-order valence-electron chi connectivity index (χ1n) is 4.44. The zero-order valence-corrected chi connectivity index (χ0v) is 9.85. The number of benzene rings is 1. The Morgan fingerprint density at radius 3 is 2.46 bits per heavy atom. The van der Waals surface area contributed by atoms with Crippen LogP contribution in [0.5, 0.6) is 0 Å². The van der Waals surface area contributed by atoms with Gasteiger partial charge in [-0.25, -0.2) is 0 Å². The molecule has 1 atom stereocenters. The molecule has 0 aliphatic carbocycles. The number of aryl methyl sites for hydroxylation is 1. The summed E-state index contributed by atoms with van der Waals surface area (Å²) in [6.45, 7) is 5.99. The monoisotopic (exact) mass is 242 g/mol. The molecule has 72 valence electrons. The third kappa shape index (κ3) is 2.82. The van der Waals surface area contributed by atoms with Crippen LogP contribution >= 0.6 is 15.9 Å².